The standard InChI is InChI=1S/C15H22N2O3/c1-10(2)13(15(19)20)9-17-14(18)12-6-4-3-5-11(12)7-8-16/h3-6,10,13H,7-9,16H2,1-2H3,(H,17,18)(H,19,20). The van der Waals surface area contributed by atoms with Gasteiger partial charge in [-0.2, -0.15) is 0 Å². The second-order valence-corrected chi connectivity index (χ2v) is 5.09. The lowest BCUT2D eigenvalue weighted by molar-refractivity contribution is -0.142. The third-order valence-corrected chi connectivity index (χ3v) is 3.28. The Morgan fingerprint density at radius 1 is 1.30 bits per heavy atom. The van der Waals surface area contributed by atoms with Crippen molar-refractivity contribution in [2.75, 3.05) is 13.1 Å². The van der Waals surface area contributed by atoms with Gasteiger partial charge in [-0.3, -0.25) is 9.59 Å². The first-order valence-corrected chi connectivity index (χ1v) is 6.76. The fourth-order valence-corrected chi connectivity index (χ4v) is 2.02. The summed E-state index contributed by atoms with van der Waals surface area (Å²) in [5, 5.41) is 11.8. The van der Waals surface area contributed by atoms with Gasteiger partial charge in [0.25, 0.3) is 5.91 Å². The summed E-state index contributed by atoms with van der Waals surface area (Å²) in [6.45, 7) is 4.25. The molecule has 4 N–H and O–H groups in total. The van der Waals surface area contributed by atoms with Crippen LogP contribution in [0.5, 0.6) is 0 Å². The number of carboxylic acid groups (broad SMARTS) is 1. The summed E-state index contributed by atoms with van der Waals surface area (Å²) in [5.41, 5.74) is 6.96. The van der Waals surface area contributed by atoms with E-state index >= 15 is 0 Å². The largest absolute Gasteiger partial charge is 0.481 e. The van der Waals surface area contributed by atoms with E-state index in [1.165, 1.54) is 0 Å². The maximum absolute atomic E-state index is 12.1. The van der Waals surface area contributed by atoms with Gasteiger partial charge in [0, 0.05) is 12.1 Å². The van der Waals surface area contributed by atoms with E-state index in [-0.39, 0.29) is 18.4 Å². The summed E-state index contributed by atoms with van der Waals surface area (Å²) in [7, 11) is 0. The van der Waals surface area contributed by atoms with Crippen molar-refractivity contribution in [3.05, 3.63) is 35.4 Å². The molecule has 20 heavy (non-hydrogen) atoms. The van der Waals surface area contributed by atoms with Gasteiger partial charge < -0.3 is 16.2 Å². The third-order valence-electron chi connectivity index (χ3n) is 3.28. The molecule has 0 spiro atoms. The Hall–Kier alpha value is -1.88. The highest BCUT2D eigenvalue weighted by molar-refractivity contribution is 5.95. The first-order valence-electron chi connectivity index (χ1n) is 6.76. The fourth-order valence-electron chi connectivity index (χ4n) is 2.02. The molecule has 0 aliphatic heterocycles. The topological polar surface area (TPSA) is 92.4 Å². The predicted octanol–water partition coefficient (Wildman–Crippen LogP) is 1.27. The maximum atomic E-state index is 12.1. The summed E-state index contributed by atoms with van der Waals surface area (Å²) in [6, 6.07) is 7.23. The number of amides is 1. The van der Waals surface area contributed by atoms with Crippen molar-refractivity contribution in [1.29, 1.82) is 0 Å². The zero-order valence-electron chi connectivity index (χ0n) is 11.9. The van der Waals surface area contributed by atoms with Crippen LogP contribution in [0.1, 0.15) is 29.8 Å². The van der Waals surface area contributed by atoms with E-state index in [0.717, 1.165) is 5.56 Å². The molecule has 0 radical (unpaired) electrons. The molecule has 1 atom stereocenters. The van der Waals surface area contributed by atoms with Gasteiger partial charge >= 0.3 is 5.97 Å². The van der Waals surface area contributed by atoms with Crippen LogP contribution in [0.15, 0.2) is 24.3 Å². The molecule has 0 saturated carbocycles. The number of nitrogens with two attached hydrogens (primary N) is 1. The minimum atomic E-state index is -0.893. The lowest BCUT2D eigenvalue weighted by Gasteiger charge is -2.17. The van der Waals surface area contributed by atoms with Crippen LogP contribution in [0.3, 0.4) is 0 Å². The van der Waals surface area contributed by atoms with E-state index < -0.39 is 11.9 Å². The number of aliphatic carboxylic acids is 1. The number of carbonyl (C=O) groups excluding carboxylic acids is 1. The normalized spacial score (nSPS) is 12.2. The van der Waals surface area contributed by atoms with Gasteiger partial charge in [0.15, 0.2) is 0 Å². The highest BCUT2D eigenvalue weighted by Gasteiger charge is 2.22. The molecule has 0 heterocycles. The molecule has 0 saturated heterocycles. The molecule has 1 aromatic carbocycles. The number of rotatable bonds is 7. The minimum Gasteiger partial charge on any atom is -0.481 e. The van der Waals surface area contributed by atoms with Crippen molar-refractivity contribution < 1.29 is 14.7 Å². The molecule has 0 bridgehead atoms. The fraction of sp³-hybridized carbons (Fsp3) is 0.467. The van der Waals surface area contributed by atoms with Gasteiger partial charge in [-0.1, -0.05) is 32.0 Å². The molecular formula is C15H22N2O3. The Morgan fingerprint density at radius 2 is 1.95 bits per heavy atom. The SMILES string of the molecule is CC(C)C(CNC(=O)c1ccccc1CCN)C(=O)O. The van der Waals surface area contributed by atoms with Gasteiger partial charge in [0.2, 0.25) is 0 Å². The predicted molar refractivity (Wildman–Crippen MR) is 77.5 cm³/mol. The van der Waals surface area contributed by atoms with Gasteiger partial charge in [0.05, 0.1) is 5.92 Å². The molecule has 5 heteroatoms. The van der Waals surface area contributed by atoms with Crippen molar-refractivity contribution >= 4 is 11.9 Å². The summed E-state index contributed by atoms with van der Waals surface area (Å²) < 4.78 is 0. The summed E-state index contributed by atoms with van der Waals surface area (Å²) in [5.74, 6) is -1.76. The molecule has 1 rings (SSSR count). The second kappa shape index (κ2) is 7.65. The van der Waals surface area contributed by atoms with Crippen LogP contribution in [0.4, 0.5) is 0 Å². The van der Waals surface area contributed by atoms with Gasteiger partial charge in [0.1, 0.15) is 0 Å². The monoisotopic (exact) mass is 278 g/mol. The van der Waals surface area contributed by atoms with Gasteiger partial charge in [-0.05, 0) is 30.5 Å². The first kappa shape index (κ1) is 16.2. The maximum Gasteiger partial charge on any atom is 0.308 e. The zero-order chi connectivity index (χ0) is 15.1. The molecule has 0 aliphatic rings. The van der Waals surface area contributed by atoms with E-state index in [4.69, 9.17) is 10.8 Å². The zero-order valence-corrected chi connectivity index (χ0v) is 11.9. The molecule has 5 nitrogen and oxygen atoms in total. The Balaban J connectivity index is 2.74. The van der Waals surface area contributed by atoms with E-state index in [1.54, 1.807) is 12.1 Å². The van der Waals surface area contributed by atoms with Crippen LogP contribution in [0.25, 0.3) is 0 Å². The molecule has 0 fully saturated rings. The summed E-state index contributed by atoms with van der Waals surface area (Å²) in [6.07, 6.45) is 0.621. The molecule has 0 aromatic heterocycles. The smallest absolute Gasteiger partial charge is 0.308 e. The van der Waals surface area contributed by atoms with Crippen molar-refractivity contribution in [2.45, 2.75) is 20.3 Å². The summed E-state index contributed by atoms with van der Waals surface area (Å²) in [4.78, 5) is 23.2. The highest BCUT2D eigenvalue weighted by Crippen LogP contribution is 2.12. The van der Waals surface area contributed by atoms with Crippen LogP contribution in [0.2, 0.25) is 0 Å². The molecule has 0 aliphatic carbocycles. The van der Waals surface area contributed by atoms with Crippen LogP contribution in [0, 0.1) is 11.8 Å². The van der Waals surface area contributed by atoms with Gasteiger partial charge in [-0.25, -0.2) is 0 Å². The Kier molecular flexibility index (Phi) is 6.18. The van der Waals surface area contributed by atoms with Crippen LogP contribution >= 0.6 is 0 Å². The third kappa shape index (κ3) is 4.35. The number of hydrogen-bond donors (Lipinski definition) is 3. The number of nitrogens with one attached hydrogen (secondary N) is 1. The average Bonchev–Trinajstić information content (AvgIpc) is 2.39. The van der Waals surface area contributed by atoms with Crippen LogP contribution < -0.4 is 11.1 Å². The number of benzene rings is 1. The Labute approximate surface area is 119 Å². The molecule has 1 unspecified atom stereocenters. The lowest BCUT2D eigenvalue weighted by Crippen LogP contribution is -2.36. The number of carboxylic acids is 1. The number of carbonyl (C=O) groups is 2. The molecule has 1 amide bonds. The van der Waals surface area contributed by atoms with Crippen molar-refractivity contribution in [2.24, 2.45) is 17.6 Å². The average molecular weight is 278 g/mol. The van der Waals surface area contributed by atoms with Crippen LogP contribution in [-0.2, 0) is 11.2 Å². The highest BCUT2D eigenvalue weighted by atomic mass is 16.4. The Bertz CT molecular complexity index is 472. The molecule has 110 valence electrons. The first-order chi connectivity index (χ1) is 9.47. The van der Waals surface area contributed by atoms with Crippen molar-refractivity contribution in [3.63, 3.8) is 0 Å². The van der Waals surface area contributed by atoms with Crippen LogP contribution in [-0.4, -0.2) is 30.1 Å². The summed E-state index contributed by atoms with van der Waals surface area (Å²) >= 11 is 0. The second-order valence-electron chi connectivity index (χ2n) is 5.09. The van der Waals surface area contributed by atoms with E-state index in [1.807, 2.05) is 26.0 Å². The lowest BCUT2D eigenvalue weighted by atomic mass is 9.95. The van der Waals surface area contributed by atoms with Crippen molar-refractivity contribution in [3.8, 4) is 0 Å². The Morgan fingerprint density at radius 3 is 2.50 bits per heavy atom. The van der Waals surface area contributed by atoms with E-state index in [2.05, 4.69) is 5.32 Å². The molecular weight excluding hydrogens is 256 g/mol. The van der Waals surface area contributed by atoms with Gasteiger partial charge in [-0.15, -0.1) is 0 Å². The van der Waals surface area contributed by atoms with E-state index in [0.29, 0.717) is 18.5 Å². The molecule has 1 aromatic rings. The van der Waals surface area contributed by atoms with Crippen molar-refractivity contribution in [1.82, 2.24) is 5.32 Å². The quantitative estimate of drug-likeness (QED) is 0.700. The number of hydrogen-bond acceptors (Lipinski definition) is 3. The minimum absolute atomic E-state index is 0.0351. The van der Waals surface area contributed by atoms with E-state index in [9.17, 15) is 9.59 Å².